The highest BCUT2D eigenvalue weighted by atomic mass is 19.2. The molecule has 21 heavy (non-hydrogen) atoms. The normalized spacial score (nSPS) is 10.5. The van der Waals surface area contributed by atoms with Crippen LogP contribution >= 0.6 is 0 Å². The van der Waals surface area contributed by atoms with Crippen molar-refractivity contribution in [2.75, 3.05) is 18.5 Å². The quantitative estimate of drug-likeness (QED) is 0.805. The monoisotopic (exact) mass is 297 g/mol. The van der Waals surface area contributed by atoms with Crippen LogP contribution < -0.4 is 10.1 Å². The molecule has 0 aromatic heterocycles. The predicted octanol–water partition coefficient (Wildman–Crippen LogP) is 3.09. The van der Waals surface area contributed by atoms with Crippen LogP contribution in [-0.2, 0) is 6.54 Å². The molecule has 0 heterocycles. The standard InChI is InChI=1S/C15H14F3NO2/c16-13-7-10(8-14(17)15(13)18)9-19-11-1-3-12(4-2-11)21-6-5-20/h1-4,7-8,19-20H,5-6,9H2. The van der Waals surface area contributed by atoms with Gasteiger partial charge in [-0.1, -0.05) is 0 Å². The van der Waals surface area contributed by atoms with Crippen LogP contribution in [0.5, 0.6) is 5.75 Å². The van der Waals surface area contributed by atoms with E-state index in [0.29, 0.717) is 11.3 Å². The average molecular weight is 297 g/mol. The first-order chi connectivity index (χ1) is 10.1. The van der Waals surface area contributed by atoms with Crippen LogP contribution in [-0.4, -0.2) is 18.3 Å². The van der Waals surface area contributed by atoms with E-state index >= 15 is 0 Å². The molecule has 0 radical (unpaired) electrons. The molecular weight excluding hydrogens is 283 g/mol. The molecule has 0 fully saturated rings. The molecule has 112 valence electrons. The summed E-state index contributed by atoms with van der Waals surface area (Å²) < 4.78 is 44.1. The van der Waals surface area contributed by atoms with Crippen molar-refractivity contribution < 1.29 is 23.0 Å². The zero-order valence-electron chi connectivity index (χ0n) is 11.1. The molecule has 2 aromatic rings. The molecule has 0 amide bonds. The van der Waals surface area contributed by atoms with Gasteiger partial charge in [-0.05, 0) is 42.0 Å². The van der Waals surface area contributed by atoms with E-state index < -0.39 is 17.5 Å². The molecule has 0 atom stereocenters. The van der Waals surface area contributed by atoms with Crippen LogP contribution in [0.2, 0.25) is 0 Å². The van der Waals surface area contributed by atoms with E-state index in [1.807, 2.05) is 0 Å². The predicted molar refractivity (Wildman–Crippen MR) is 72.7 cm³/mol. The second kappa shape index (κ2) is 6.99. The van der Waals surface area contributed by atoms with Crippen molar-refractivity contribution in [3.8, 4) is 5.75 Å². The van der Waals surface area contributed by atoms with Crippen LogP contribution in [0, 0.1) is 17.5 Å². The molecule has 0 aliphatic heterocycles. The number of hydrogen-bond acceptors (Lipinski definition) is 3. The van der Waals surface area contributed by atoms with Gasteiger partial charge < -0.3 is 15.2 Å². The van der Waals surface area contributed by atoms with Crippen LogP contribution in [0.25, 0.3) is 0 Å². The van der Waals surface area contributed by atoms with Crippen molar-refractivity contribution in [2.45, 2.75) is 6.54 Å². The van der Waals surface area contributed by atoms with E-state index in [2.05, 4.69) is 5.32 Å². The van der Waals surface area contributed by atoms with Gasteiger partial charge in [0.25, 0.3) is 0 Å². The molecule has 2 rings (SSSR count). The summed E-state index contributed by atoms with van der Waals surface area (Å²) >= 11 is 0. The van der Waals surface area contributed by atoms with Crippen molar-refractivity contribution >= 4 is 5.69 Å². The lowest BCUT2D eigenvalue weighted by molar-refractivity contribution is 0.201. The highest BCUT2D eigenvalue weighted by Gasteiger charge is 2.10. The molecule has 2 N–H and O–H groups in total. The van der Waals surface area contributed by atoms with Gasteiger partial charge in [-0.15, -0.1) is 0 Å². The smallest absolute Gasteiger partial charge is 0.194 e. The van der Waals surface area contributed by atoms with Crippen LogP contribution in [0.3, 0.4) is 0 Å². The van der Waals surface area contributed by atoms with Crippen LogP contribution in [0.1, 0.15) is 5.56 Å². The van der Waals surface area contributed by atoms with Crippen LogP contribution in [0.4, 0.5) is 18.9 Å². The van der Waals surface area contributed by atoms with Gasteiger partial charge in [0, 0.05) is 12.2 Å². The SMILES string of the molecule is OCCOc1ccc(NCc2cc(F)c(F)c(F)c2)cc1. The number of anilines is 1. The fourth-order valence-corrected chi connectivity index (χ4v) is 1.75. The molecule has 0 aliphatic rings. The Morgan fingerprint density at radius 2 is 1.62 bits per heavy atom. The molecule has 0 saturated carbocycles. The lowest BCUT2D eigenvalue weighted by Gasteiger charge is -2.09. The molecule has 0 spiro atoms. The Hall–Kier alpha value is -2.21. The maximum Gasteiger partial charge on any atom is 0.194 e. The van der Waals surface area contributed by atoms with Crippen molar-refractivity contribution in [1.29, 1.82) is 0 Å². The highest BCUT2D eigenvalue weighted by Crippen LogP contribution is 2.18. The van der Waals surface area contributed by atoms with Gasteiger partial charge in [0.1, 0.15) is 12.4 Å². The Labute approximate surface area is 120 Å². The number of nitrogens with one attached hydrogen (secondary N) is 1. The molecule has 0 aliphatic carbocycles. The Balaban J connectivity index is 1.96. The van der Waals surface area contributed by atoms with Gasteiger partial charge in [0.2, 0.25) is 0 Å². The number of rotatable bonds is 6. The lowest BCUT2D eigenvalue weighted by atomic mass is 10.2. The van der Waals surface area contributed by atoms with Crippen molar-refractivity contribution in [1.82, 2.24) is 0 Å². The summed E-state index contributed by atoms with van der Waals surface area (Å²) in [4.78, 5) is 0. The molecule has 6 heteroatoms. The first-order valence-electron chi connectivity index (χ1n) is 6.31. The molecule has 3 nitrogen and oxygen atoms in total. The zero-order chi connectivity index (χ0) is 15.2. The first-order valence-corrected chi connectivity index (χ1v) is 6.31. The fourth-order valence-electron chi connectivity index (χ4n) is 1.75. The summed E-state index contributed by atoms with van der Waals surface area (Å²) in [6, 6.07) is 8.74. The van der Waals surface area contributed by atoms with Gasteiger partial charge >= 0.3 is 0 Å². The Morgan fingerprint density at radius 3 is 2.19 bits per heavy atom. The summed E-state index contributed by atoms with van der Waals surface area (Å²) in [7, 11) is 0. The highest BCUT2D eigenvalue weighted by molar-refractivity contribution is 5.46. The summed E-state index contributed by atoms with van der Waals surface area (Å²) in [6.45, 7) is 0.299. The summed E-state index contributed by atoms with van der Waals surface area (Å²) in [5, 5.41) is 11.6. The van der Waals surface area contributed by atoms with Gasteiger partial charge in [0.15, 0.2) is 17.5 Å². The van der Waals surface area contributed by atoms with Gasteiger partial charge in [-0.25, -0.2) is 13.2 Å². The minimum atomic E-state index is -1.47. The van der Waals surface area contributed by atoms with Crippen molar-refractivity contribution in [2.24, 2.45) is 0 Å². The Kier molecular flexibility index (Phi) is 5.05. The lowest BCUT2D eigenvalue weighted by Crippen LogP contribution is -2.03. The van der Waals surface area contributed by atoms with Gasteiger partial charge in [0.05, 0.1) is 6.61 Å². The third-order valence-electron chi connectivity index (χ3n) is 2.75. The number of hydrogen-bond donors (Lipinski definition) is 2. The maximum atomic E-state index is 13.1. The summed E-state index contributed by atoms with van der Waals surface area (Å²) in [6.07, 6.45) is 0. The van der Waals surface area contributed by atoms with E-state index in [1.165, 1.54) is 0 Å². The minimum absolute atomic E-state index is 0.0678. The van der Waals surface area contributed by atoms with Crippen molar-refractivity contribution in [3.05, 3.63) is 59.4 Å². The molecule has 0 unspecified atom stereocenters. The van der Waals surface area contributed by atoms with E-state index in [1.54, 1.807) is 24.3 Å². The van der Waals surface area contributed by atoms with Crippen molar-refractivity contribution in [3.63, 3.8) is 0 Å². The largest absolute Gasteiger partial charge is 0.491 e. The van der Waals surface area contributed by atoms with Crippen LogP contribution in [0.15, 0.2) is 36.4 Å². The molecule has 0 bridgehead atoms. The fraction of sp³-hybridized carbons (Fsp3) is 0.200. The second-order valence-corrected chi connectivity index (χ2v) is 4.32. The van der Waals surface area contributed by atoms with E-state index in [4.69, 9.17) is 9.84 Å². The third kappa shape index (κ3) is 4.13. The summed E-state index contributed by atoms with van der Waals surface area (Å²) in [5.41, 5.74) is 1.02. The average Bonchev–Trinajstić information content (AvgIpc) is 2.49. The molecule has 2 aromatic carbocycles. The third-order valence-corrected chi connectivity index (χ3v) is 2.75. The number of aliphatic hydroxyl groups is 1. The number of ether oxygens (including phenoxy) is 1. The van der Waals surface area contributed by atoms with E-state index in [9.17, 15) is 13.2 Å². The topological polar surface area (TPSA) is 41.5 Å². The van der Waals surface area contributed by atoms with E-state index in [-0.39, 0.29) is 19.8 Å². The zero-order valence-corrected chi connectivity index (χ0v) is 11.1. The summed E-state index contributed by atoms with van der Waals surface area (Å²) in [5.74, 6) is -3.28. The van der Waals surface area contributed by atoms with E-state index in [0.717, 1.165) is 17.8 Å². The van der Waals surface area contributed by atoms with Gasteiger partial charge in [-0.2, -0.15) is 0 Å². The van der Waals surface area contributed by atoms with Gasteiger partial charge in [-0.3, -0.25) is 0 Å². The maximum absolute atomic E-state index is 13.1. The number of benzene rings is 2. The Bertz CT molecular complexity index is 579. The number of aliphatic hydroxyl groups excluding tert-OH is 1. The first kappa shape index (κ1) is 15.2. The number of halogens is 3. The molecule has 0 saturated heterocycles. The Morgan fingerprint density at radius 1 is 1.00 bits per heavy atom. The second-order valence-electron chi connectivity index (χ2n) is 4.32. The molecular formula is C15H14F3NO2. The minimum Gasteiger partial charge on any atom is -0.491 e.